The predicted octanol–water partition coefficient (Wildman–Crippen LogP) is 4.16. The number of rotatable bonds is 10. The van der Waals surface area contributed by atoms with Crippen molar-refractivity contribution in [3.05, 3.63) is 101 Å². The molecular weight excluding hydrogens is 524 g/mol. The van der Waals surface area contributed by atoms with Gasteiger partial charge in [0.05, 0.1) is 25.3 Å². The Morgan fingerprint density at radius 3 is 1.69 bits per heavy atom. The van der Waals surface area contributed by atoms with Gasteiger partial charge in [0.2, 0.25) is 11.5 Å². The van der Waals surface area contributed by atoms with Crippen LogP contribution >= 0.6 is 0 Å². The van der Waals surface area contributed by atoms with Crippen LogP contribution in [0.5, 0.6) is 40.2 Å². The SMILES string of the molecule is COc1ccc(C(=O)c2ccccc2)c(O)c1O[Si](=O)Oc1c(O)c(C(=O)c2ccccc2)cc(O)c1OC. The van der Waals surface area contributed by atoms with E-state index in [-0.39, 0.29) is 28.0 Å². The van der Waals surface area contributed by atoms with Crippen LogP contribution in [0.15, 0.2) is 78.9 Å². The molecule has 0 bridgehead atoms. The van der Waals surface area contributed by atoms with Gasteiger partial charge in [-0.15, -0.1) is 0 Å². The molecule has 4 aromatic rings. The van der Waals surface area contributed by atoms with Gasteiger partial charge >= 0.3 is 9.17 Å². The zero-order valence-electron chi connectivity index (χ0n) is 20.7. The summed E-state index contributed by atoms with van der Waals surface area (Å²) >= 11 is 0. The lowest BCUT2D eigenvalue weighted by Gasteiger charge is -2.16. The van der Waals surface area contributed by atoms with Gasteiger partial charge in [-0.05, 0) is 18.2 Å². The molecule has 0 aliphatic rings. The van der Waals surface area contributed by atoms with Crippen molar-refractivity contribution in [2.75, 3.05) is 14.2 Å². The Balaban J connectivity index is 1.69. The standard InChI is InChI=1S/C28H22O10Si/c1-35-21-14-13-18(22(30)16-9-5-3-6-10-16)24(32)27(21)37-39(34)38-28-25(33)19(15-20(29)26(28)36-2)23(31)17-11-7-4-8-12-17/h3-15,29,32-33H,1-2H3. The maximum atomic E-state index is 13.0. The van der Waals surface area contributed by atoms with Crippen LogP contribution in [0.1, 0.15) is 31.8 Å². The van der Waals surface area contributed by atoms with Gasteiger partial charge in [0.25, 0.3) is 0 Å². The number of hydrogen-bond acceptors (Lipinski definition) is 10. The summed E-state index contributed by atoms with van der Waals surface area (Å²) in [6.07, 6.45) is 0. The Bertz CT molecular complexity index is 1550. The second-order valence-corrected chi connectivity index (χ2v) is 8.90. The minimum absolute atomic E-state index is 0.0638. The lowest BCUT2D eigenvalue weighted by atomic mass is 10.0. The number of ketones is 2. The lowest BCUT2D eigenvalue weighted by molar-refractivity contribution is 0.102. The highest BCUT2D eigenvalue weighted by atomic mass is 28.3. The van der Waals surface area contributed by atoms with Crippen molar-refractivity contribution in [2.45, 2.75) is 0 Å². The van der Waals surface area contributed by atoms with Gasteiger partial charge in [0.1, 0.15) is 0 Å². The van der Waals surface area contributed by atoms with E-state index in [1.54, 1.807) is 48.5 Å². The van der Waals surface area contributed by atoms with E-state index in [1.807, 2.05) is 0 Å². The molecule has 3 N–H and O–H groups in total. The normalized spacial score (nSPS) is 10.4. The van der Waals surface area contributed by atoms with Crippen LogP contribution in [-0.4, -0.2) is 50.3 Å². The molecule has 0 amide bonds. The van der Waals surface area contributed by atoms with Crippen LogP contribution in [0.25, 0.3) is 0 Å². The summed E-state index contributed by atoms with van der Waals surface area (Å²) in [6.45, 7) is 0. The predicted molar refractivity (Wildman–Crippen MR) is 138 cm³/mol. The average Bonchev–Trinajstić information content (AvgIpc) is 2.96. The maximum absolute atomic E-state index is 13.0. The maximum Gasteiger partial charge on any atom is 0.779 e. The molecule has 0 saturated heterocycles. The summed E-state index contributed by atoms with van der Waals surface area (Å²) in [7, 11) is -1.27. The Morgan fingerprint density at radius 1 is 0.641 bits per heavy atom. The summed E-state index contributed by atoms with van der Waals surface area (Å²) < 4.78 is 33.9. The number of carbonyl (C=O) groups is 2. The first-order valence-corrected chi connectivity index (χ1v) is 12.6. The average molecular weight is 547 g/mol. The van der Waals surface area contributed by atoms with E-state index in [4.69, 9.17) is 18.3 Å². The third-order valence-corrected chi connectivity index (χ3v) is 6.38. The number of phenols is 3. The molecule has 0 saturated carbocycles. The minimum Gasteiger partial charge on any atom is -0.504 e. The molecule has 11 heteroatoms. The molecule has 0 atom stereocenters. The first kappa shape index (κ1) is 26.9. The van der Waals surface area contributed by atoms with E-state index < -0.39 is 55.2 Å². The van der Waals surface area contributed by atoms with Crippen molar-refractivity contribution in [3.8, 4) is 40.2 Å². The van der Waals surface area contributed by atoms with Gasteiger partial charge in [0, 0.05) is 11.1 Å². The number of ether oxygens (including phenoxy) is 2. The molecule has 10 nitrogen and oxygen atoms in total. The van der Waals surface area contributed by atoms with Crippen molar-refractivity contribution < 1.29 is 47.7 Å². The number of carbonyl (C=O) groups excluding carboxylic acids is 2. The van der Waals surface area contributed by atoms with Crippen molar-refractivity contribution in [2.24, 2.45) is 0 Å². The molecule has 0 radical (unpaired) electrons. The third-order valence-electron chi connectivity index (χ3n) is 5.64. The van der Waals surface area contributed by atoms with Gasteiger partial charge in [-0.1, -0.05) is 60.7 Å². The molecule has 0 aliphatic heterocycles. The zero-order valence-corrected chi connectivity index (χ0v) is 21.7. The van der Waals surface area contributed by atoms with Crippen LogP contribution in [0, 0.1) is 0 Å². The number of aromatic hydroxyl groups is 3. The van der Waals surface area contributed by atoms with Crippen LogP contribution in [0.2, 0.25) is 0 Å². The lowest BCUT2D eigenvalue weighted by Crippen LogP contribution is -2.21. The van der Waals surface area contributed by atoms with Crippen LogP contribution in [0.4, 0.5) is 0 Å². The second kappa shape index (κ2) is 11.5. The summed E-state index contributed by atoms with van der Waals surface area (Å²) in [4.78, 5) is 25.9. The fourth-order valence-corrected chi connectivity index (χ4v) is 4.52. The van der Waals surface area contributed by atoms with Crippen molar-refractivity contribution in [1.29, 1.82) is 0 Å². The van der Waals surface area contributed by atoms with Gasteiger partial charge in [-0.2, -0.15) is 0 Å². The molecule has 4 aromatic carbocycles. The monoisotopic (exact) mass is 546 g/mol. The Labute approximate surface area is 224 Å². The molecule has 0 fully saturated rings. The quantitative estimate of drug-likeness (QED) is 0.150. The summed E-state index contributed by atoms with van der Waals surface area (Å²) in [6, 6.07) is 19.8. The van der Waals surface area contributed by atoms with E-state index in [0.717, 1.165) is 13.2 Å². The molecular formula is C28H22O10Si. The highest BCUT2D eigenvalue weighted by Crippen LogP contribution is 2.47. The molecule has 0 aromatic heterocycles. The highest BCUT2D eigenvalue weighted by molar-refractivity contribution is 6.29. The number of methoxy groups -OCH3 is 2. The Morgan fingerprint density at radius 2 is 1.15 bits per heavy atom. The van der Waals surface area contributed by atoms with Gasteiger partial charge in [-0.3, -0.25) is 14.1 Å². The first-order chi connectivity index (χ1) is 18.8. The molecule has 0 aliphatic carbocycles. The summed E-state index contributed by atoms with van der Waals surface area (Å²) in [5.74, 6) is -4.73. The number of benzene rings is 4. The number of phenolic OH excluding ortho intramolecular Hbond substituents is 3. The van der Waals surface area contributed by atoms with E-state index >= 15 is 0 Å². The smallest absolute Gasteiger partial charge is 0.504 e. The highest BCUT2D eigenvalue weighted by Gasteiger charge is 2.30. The van der Waals surface area contributed by atoms with Gasteiger partial charge in [0.15, 0.2) is 40.3 Å². The molecule has 0 heterocycles. The van der Waals surface area contributed by atoms with E-state index in [1.165, 1.54) is 31.4 Å². The topological polar surface area (TPSA) is 149 Å². The molecule has 39 heavy (non-hydrogen) atoms. The van der Waals surface area contributed by atoms with Gasteiger partial charge in [-0.25, -0.2) is 0 Å². The van der Waals surface area contributed by atoms with Crippen molar-refractivity contribution in [3.63, 3.8) is 0 Å². The fraction of sp³-hybridized carbons (Fsp3) is 0.0714. The van der Waals surface area contributed by atoms with Crippen LogP contribution < -0.4 is 18.3 Å². The van der Waals surface area contributed by atoms with E-state index in [0.29, 0.717) is 0 Å². The van der Waals surface area contributed by atoms with Crippen LogP contribution in [0.3, 0.4) is 0 Å². The third kappa shape index (κ3) is 5.43. The summed E-state index contributed by atoms with van der Waals surface area (Å²) in [5.41, 5.74) is 0.000129. The second-order valence-electron chi connectivity index (χ2n) is 7.99. The fourth-order valence-electron chi connectivity index (χ4n) is 3.75. The first-order valence-electron chi connectivity index (χ1n) is 11.4. The minimum atomic E-state index is -3.69. The summed E-state index contributed by atoms with van der Waals surface area (Å²) in [5, 5.41) is 32.1. The number of hydrogen-bond donors (Lipinski definition) is 3. The Hall–Kier alpha value is -5.16. The largest absolute Gasteiger partial charge is 0.779 e. The van der Waals surface area contributed by atoms with Gasteiger partial charge < -0.3 is 33.6 Å². The molecule has 0 unspecified atom stereocenters. The van der Waals surface area contributed by atoms with Crippen molar-refractivity contribution in [1.82, 2.24) is 0 Å². The molecule has 0 spiro atoms. The molecule has 4 rings (SSSR count). The van der Waals surface area contributed by atoms with E-state index in [9.17, 15) is 29.4 Å². The molecule has 198 valence electrons. The Kier molecular flexibility index (Phi) is 7.92. The zero-order chi connectivity index (χ0) is 28.1. The van der Waals surface area contributed by atoms with Crippen molar-refractivity contribution >= 4 is 20.7 Å². The van der Waals surface area contributed by atoms with E-state index in [2.05, 4.69) is 0 Å². The van der Waals surface area contributed by atoms with Crippen LogP contribution in [-0.2, 0) is 4.46 Å².